The van der Waals surface area contributed by atoms with E-state index in [1.165, 1.54) is 0 Å². The van der Waals surface area contributed by atoms with Crippen molar-refractivity contribution in [2.75, 3.05) is 13.2 Å². The molecule has 3 aliphatic rings. The van der Waals surface area contributed by atoms with Gasteiger partial charge in [-0.15, -0.1) is 0 Å². The van der Waals surface area contributed by atoms with Crippen LogP contribution in [0.4, 0.5) is 4.39 Å². The van der Waals surface area contributed by atoms with Crippen molar-refractivity contribution in [2.45, 2.75) is 56.6 Å². The molecule has 144 valence electrons. The molecule has 2 heterocycles. The second-order valence-electron chi connectivity index (χ2n) is 8.61. The first-order valence-corrected chi connectivity index (χ1v) is 10.3. The molecule has 0 radical (unpaired) electrons. The molecule has 27 heavy (non-hydrogen) atoms. The Morgan fingerprint density at radius 3 is 2.93 bits per heavy atom. The molecule has 5 heteroatoms. The molecule has 2 aromatic rings. The van der Waals surface area contributed by atoms with Crippen LogP contribution in [0.5, 0.6) is 0 Å². The van der Waals surface area contributed by atoms with Crippen LogP contribution in [0.25, 0.3) is 11.1 Å². The van der Waals surface area contributed by atoms with Gasteiger partial charge in [-0.3, -0.25) is 0 Å². The lowest BCUT2D eigenvalue weighted by atomic mass is 9.78. The number of rotatable bonds is 4. The Kier molecular flexibility index (Phi) is 4.32. The summed E-state index contributed by atoms with van der Waals surface area (Å²) in [5, 5.41) is 13.8. The van der Waals surface area contributed by atoms with Gasteiger partial charge < -0.3 is 9.84 Å². The molecular weight excluding hydrogens is 343 g/mol. The van der Waals surface area contributed by atoms with Gasteiger partial charge in [0.15, 0.2) is 0 Å². The molecular formula is C22H27FN2O2. The number of hydrogen-bond acceptors (Lipinski definition) is 3. The molecule has 3 fully saturated rings. The van der Waals surface area contributed by atoms with Crippen molar-refractivity contribution in [3.05, 3.63) is 42.0 Å². The molecule has 0 bridgehead atoms. The second-order valence-corrected chi connectivity index (χ2v) is 8.61. The van der Waals surface area contributed by atoms with Crippen LogP contribution in [-0.4, -0.2) is 28.1 Å². The third-order valence-electron chi connectivity index (χ3n) is 7.00. The molecule has 1 N–H and O–H groups in total. The Labute approximate surface area is 159 Å². The molecule has 1 aliphatic heterocycles. The fourth-order valence-corrected chi connectivity index (χ4v) is 5.28. The highest BCUT2D eigenvalue weighted by Gasteiger charge is 2.58. The van der Waals surface area contributed by atoms with E-state index in [1.807, 2.05) is 23.0 Å². The van der Waals surface area contributed by atoms with E-state index in [9.17, 15) is 5.11 Å². The zero-order valence-corrected chi connectivity index (χ0v) is 15.6. The highest BCUT2D eigenvalue weighted by Crippen LogP contribution is 2.63. The predicted octanol–water partition coefficient (Wildman–Crippen LogP) is 4.44. The smallest absolute Gasteiger partial charge is 0.150 e. The summed E-state index contributed by atoms with van der Waals surface area (Å²) in [6, 6.07) is 5.68. The zero-order valence-electron chi connectivity index (χ0n) is 15.6. The van der Waals surface area contributed by atoms with Crippen molar-refractivity contribution >= 4 is 0 Å². The van der Waals surface area contributed by atoms with Crippen LogP contribution in [0.3, 0.4) is 0 Å². The van der Waals surface area contributed by atoms with Crippen molar-refractivity contribution in [1.82, 2.24) is 9.78 Å². The highest BCUT2D eigenvalue weighted by atomic mass is 19.1. The van der Waals surface area contributed by atoms with Gasteiger partial charge in [-0.25, -0.2) is 9.07 Å². The second kappa shape index (κ2) is 6.71. The van der Waals surface area contributed by atoms with Crippen molar-refractivity contribution in [2.24, 2.45) is 11.8 Å². The number of halogens is 1. The monoisotopic (exact) mass is 370 g/mol. The fourth-order valence-electron chi connectivity index (χ4n) is 5.28. The lowest BCUT2D eigenvalue weighted by Crippen LogP contribution is -2.22. The first-order valence-electron chi connectivity index (χ1n) is 10.3. The van der Waals surface area contributed by atoms with Gasteiger partial charge in [-0.05, 0) is 74.0 Å². The van der Waals surface area contributed by atoms with Gasteiger partial charge in [0.05, 0.1) is 6.20 Å². The maximum absolute atomic E-state index is 15.0. The molecule has 2 aliphatic carbocycles. The summed E-state index contributed by atoms with van der Waals surface area (Å²) < 4.78 is 22.7. The van der Waals surface area contributed by atoms with E-state index in [1.54, 1.807) is 12.3 Å². The van der Waals surface area contributed by atoms with E-state index in [-0.39, 0.29) is 24.1 Å². The van der Waals surface area contributed by atoms with Crippen LogP contribution in [-0.2, 0) is 10.2 Å². The van der Waals surface area contributed by atoms with Crippen LogP contribution in [0.2, 0.25) is 0 Å². The lowest BCUT2D eigenvalue weighted by Gasteiger charge is -2.28. The number of nitrogens with zero attached hydrogens (tertiary/aromatic N) is 2. The molecule has 1 aromatic carbocycles. The SMILES string of the molecule is OCC1CCC2(c3ccc(-c4cnn(C5CCCCO5)c4)cc3F)CC2C1. The maximum Gasteiger partial charge on any atom is 0.150 e. The molecule has 5 rings (SSSR count). The summed E-state index contributed by atoms with van der Waals surface area (Å²) in [5.74, 6) is 0.842. The van der Waals surface area contributed by atoms with Crippen LogP contribution >= 0.6 is 0 Å². The third-order valence-corrected chi connectivity index (χ3v) is 7.00. The first-order chi connectivity index (χ1) is 13.2. The predicted molar refractivity (Wildman–Crippen MR) is 101 cm³/mol. The van der Waals surface area contributed by atoms with E-state index in [4.69, 9.17) is 4.74 Å². The Morgan fingerprint density at radius 2 is 2.19 bits per heavy atom. The topological polar surface area (TPSA) is 47.3 Å². The summed E-state index contributed by atoms with van der Waals surface area (Å²) in [4.78, 5) is 0. The number of hydrogen-bond donors (Lipinski definition) is 1. The normalized spacial score (nSPS) is 32.9. The number of aliphatic hydroxyl groups is 1. The molecule has 1 aromatic heterocycles. The molecule has 4 nitrogen and oxygen atoms in total. The van der Waals surface area contributed by atoms with Crippen LogP contribution < -0.4 is 0 Å². The molecule has 0 amide bonds. The maximum atomic E-state index is 15.0. The number of benzene rings is 1. The van der Waals surface area contributed by atoms with Crippen molar-refractivity contribution < 1.29 is 14.2 Å². The first kappa shape index (κ1) is 17.4. The van der Waals surface area contributed by atoms with Gasteiger partial charge >= 0.3 is 0 Å². The summed E-state index contributed by atoms with van der Waals surface area (Å²) in [6.07, 6.45) is 11.1. The summed E-state index contributed by atoms with van der Waals surface area (Å²) in [6.45, 7) is 1.05. The Bertz CT molecular complexity index is 829. The van der Waals surface area contributed by atoms with Crippen LogP contribution in [0, 0.1) is 17.7 Å². The molecule has 1 saturated heterocycles. The number of aliphatic hydroxyl groups excluding tert-OH is 1. The van der Waals surface area contributed by atoms with Gasteiger partial charge in [0.1, 0.15) is 12.0 Å². The van der Waals surface area contributed by atoms with Crippen molar-refractivity contribution in [3.8, 4) is 11.1 Å². The number of ether oxygens (including phenoxy) is 1. The summed E-state index contributed by atoms with van der Waals surface area (Å²) >= 11 is 0. The Morgan fingerprint density at radius 1 is 1.26 bits per heavy atom. The Hall–Kier alpha value is -1.72. The van der Waals surface area contributed by atoms with E-state index in [2.05, 4.69) is 5.10 Å². The standard InChI is InChI=1S/C22H27FN2O2/c23-20-10-16(17-12-24-25(13-17)21-3-1-2-8-27-21)4-5-19(20)22-7-6-15(14-26)9-18(22)11-22/h4-5,10,12-13,15,18,21,26H,1-3,6-9,11,14H2. The number of fused-ring (bicyclic) bond motifs is 1. The highest BCUT2D eigenvalue weighted by molar-refractivity contribution is 5.63. The van der Waals surface area contributed by atoms with Gasteiger partial charge in [0.2, 0.25) is 0 Å². The minimum Gasteiger partial charge on any atom is -0.396 e. The van der Waals surface area contributed by atoms with Crippen molar-refractivity contribution in [1.29, 1.82) is 0 Å². The van der Waals surface area contributed by atoms with Gasteiger partial charge in [0.25, 0.3) is 0 Å². The van der Waals surface area contributed by atoms with Gasteiger partial charge in [-0.1, -0.05) is 12.1 Å². The van der Waals surface area contributed by atoms with Crippen LogP contribution in [0.1, 0.15) is 56.7 Å². The minimum absolute atomic E-state index is 0.00411. The zero-order chi connectivity index (χ0) is 18.4. The molecule has 0 spiro atoms. The van der Waals surface area contributed by atoms with Gasteiger partial charge in [-0.2, -0.15) is 5.10 Å². The average molecular weight is 370 g/mol. The van der Waals surface area contributed by atoms with E-state index < -0.39 is 0 Å². The Balaban J connectivity index is 1.36. The largest absolute Gasteiger partial charge is 0.396 e. The summed E-state index contributed by atoms with van der Waals surface area (Å²) in [5.41, 5.74) is 2.70. The lowest BCUT2D eigenvalue weighted by molar-refractivity contribution is -0.0394. The van der Waals surface area contributed by atoms with E-state index in [0.717, 1.165) is 68.2 Å². The minimum atomic E-state index is -0.0980. The average Bonchev–Trinajstić information content (AvgIpc) is 3.23. The van der Waals surface area contributed by atoms with Crippen LogP contribution in [0.15, 0.2) is 30.6 Å². The fraction of sp³-hybridized carbons (Fsp3) is 0.591. The quantitative estimate of drug-likeness (QED) is 0.866. The molecule has 4 atom stereocenters. The van der Waals surface area contributed by atoms with E-state index >= 15 is 4.39 Å². The number of aromatic nitrogens is 2. The van der Waals surface area contributed by atoms with E-state index in [0.29, 0.717) is 11.8 Å². The third kappa shape index (κ3) is 3.01. The molecule has 4 unspecified atom stereocenters. The van der Waals surface area contributed by atoms with Crippen molar-refractivity contribution in [3.63, 3.8) is 0 Å². The molecule has 2 saturated carbocycles. The summed E-state index contributed by atoms with van der Waals surface area (Å²) in [7, 11) is 0. The van der Waals surface area contributed by atoms with Gasteiger partial charge in [0, 0.05) is 30.4 Å².